The zero-order chi connectivity index (χ0) is 17.3. The summed E-state index contributed by atoms with van der Waals surface area (Å²) in [4.78, 5) is 33.7. The van der Waals surface area contributed by atoms with Crippen LogP contribution in [-0.2, 0) is 4.74 Å². The molecule has 3 aromatic rings. The van der Waals surface area contributed by atoms with E-state index >= 15 is 0 Å². The van der Waals surface area contributed by atoms with Crippen molar-refractivity contribution in [1.29, 1.82) is 0 Å². The molecule has 122 valence electrons. The third-order valence-corrected chi connectivity index (χ3v) is 3.01. The summed E-state index contributed by atoms with van der Waals surface area (Å²) >= 11 is 0. The Kier molecular flexibility index (Phi) is 3.69. The number of hydrogen-bond donors (Lipinski definition) is 0. The largest absolute Gasteiger partial charge is 0.463 e. The molecule has 24 heavy (non-hydrogen) atoms. The van der Waals surface area contributed by atoms with Gasteiger partial charge in [-0.3, -0.25) is 0 Å². The van der Waals surface area contributed by atoms with Crippen LogP contribution in [0.1, 0.15) is 16.3 Å². The number of nitro groups is 1. The topological polar surface area (TPSA) is 152 Å². The SMILES string of the molecule is COC(=O)c1noc(-c2c(C)nn(-c3cncnc3)c2[N+](=O)[O-])n1. The highest BCUT2D eigenvalue weighted by Crippen LogP contribution is 2.33. The molecule has 0 atom stereocenters. The van der Waals surface area contributed by atoms with Crippen molar-refractivity contribution >= 4 is 11.8 Å². The lowest BCUT2D eigenvalue weighted by atomic mass is 10.2. The van der Waals surface area contributed by atoms with E-state index < -0.39 is 16.7 Å². The molecule has 0 spiro atoms. The fraction of sp³-hybridized carbons (Fsp3) is 0.167. The number of esters is 1. The minimum absolute atomic E-state index is 0.00786. The van der Waals surface area contributed by atoms with Crippen LogP contribution < -0.4 is 0 Å². The standard InChI is InChI=1S/C12H9N7O5/c1-6-8(10-15-9(17-24-10)12(20)23-2)11(19(21)22)18(16-6)7-3-13-5-14-4-7/h3-5H,1-2H3. The molecule has 0 saturated carbocycles. The molecule has 3 aromatic heterocycles. The normalized spacial score (nSPS) is 10.6. The van der Waals surface area contributed by atoms with Crippen LogP contribution in [0.15, 0.2) is 23.2 Å². The molecule has 12 nitrogen and oxygen atoms in total. The molecule has 0 bridgehead atoms. The summed E-state index contributed by atoms with van der Waals surface area (Å²) in [6.45, 7) is 1.53. The fourth-order valence-electron chi connectivity index (χ4n) is 2.01. The van der Waals surface area contributed by atoms with Crippen LogP contribution in [0.25, 0.3) is 17.1 Å². The van der Waals surface area contributed by atoms with Crippen LogP contribution in [0.5, 0.6) is 0 Å². The van der Waals surface area contributed by atoms with Crippen molar-refractivity contribution in [2.24, 2.45) is 0 Å². The Morgan fingerprint density at radius 2 is 2.08 bits per heavy atom. The van der Waals surface area contributed by atoms with Gasteiger partial charge in [0.25, 0.3) is 11.7 Å². The van der Waals surface area contributed by atoms with E-state index in [-0.39, 0.29) is 28.7 Å². The van der Waals surface area contributed by atoms with Crippen molar-refractivity contribution in [3.05, 3.63) is 40.4 Å². The van der Waals surface area contributed by atoms with Crippen molar-refractivity contribution in [2.45, 2.75) is 6.92 Å². The lowest BCUT2D eigenvalue weighted by molar-refractivity contribution is -0.390. The number of hydrogen-bond acceptors (Lipinski definition) is 10. The second-order valence-electron chi connectivity index (χ2n) is 4.46. The van der Waals surface area contributed by atoms with Crippen LogP contribution in [0.3, 0.4) is 0 Å². The molecule has 3 heterocycles. The Bertz CT molecular complexity index is 917. The number of carbonyl (C=O) groups excluding carboxylic acids is 1. The summed E-state index contributed by atoms with van der Waals surface area (Å²) in [5.41, 5.74) is 0.531. The monoisotopic (exact) mass is 331 g/mol. The van der Waals surface area contributed by atoms with E-state index in [2.05, 4.69) is 29.9 Å². The zero-order valence-corrected chi connectivity index (χ0v) is 12.4. The van der Waals surface area contributed by atoms with Gasteiger partial charge in [-0.2, -0.15) is 4.98 Å². The first kappa shape index (κ1) is 15.2. The molecule has 0 unspecified atom stereocenters. The third kappa shape index (κ3) is 2.45. The van der Waals surface area contributed by atoms with Crippen LogP contribution in [-0.4, -0.2) is 47.9 Å². The quantitative estimate of drug-likeness (QED) is 0.379. The average molecular weight is 331 g/mol. The number of aryl methyl sites for hydroxylation is 1. The number of rotatable bonds is 4. The molecule has 12 heteroatoms. The summed E-state index contributed by atoms with van der Waals surface area (Å²) in [5, 5.41) is 19.1. The maximum Gasteiger partial charge on any atom is 0.379 e. The Morgan fingerprint density at radius 3 is 2.71 bits per heavy atom. The Labute approximate surface area is 133 Å². The minimum Gasteiger partial charge on any atom is -0.463 e. The summed E-state index contributed by atoms with van der Waals surface area (Å²) in [6, 6.07) is 0. The van der Waals surface area contributed by atoms with Crippen LogP contribution in [0.4, 0.5) is 5.82 Å². The van der Waals surface area contributed by atoms with E-state index in [1.54, 1.807) is 0 Å². The molecule has 0 fully saturated rings. The van der Waals surface area contributed by atoms with E-state index in [4.69, 9.17) is 4.52 Å². The summed E-state index contributed by atoms with van der Waals surface area (Å²) in [7, 11) is 1.15. The van der Waals surface area contributed by atoms with Crippen LogP contribution >= 0.6 is 0 Å². The Balaban J connectivity index is 2.18. The number of ether oxygens (including phenoxy) is 1. The second-order valence-corrected chi connectivity index (χ2v) is 4.46. The average Bonchev–Trinajstić information content (AvgIpc) is 3.19. The number of carbonyl (C=O) groups is 1. The van der Waals surface area contributed by atoms with Crippen LogP contribution in [0.2, 0.25) is 0 Å². The van der Waals surface area contributed by atoms with E-state index in [0.717, 1.165) is 11.8 Å². The first-order valence-electron chi connectivity index (χ1n) is 6.44. The molecule has 0 aromatic carbocycles. The minimum atomic E-state index is -0.825. The van der Waals surface area contributed by atoms with Gasteiger partial charge in [-0.05, 0) is 17.0 Å². The molecule has 3 rings (SSSR count). The fourth-order valence-corrected chi connectivity index (χ4v) is 2.01. The van der Waals surface area contributed by atoms with E-state index in [0.29, 0.717) is 0 Å². The van der Waals surface area contributed by atoms with Gasteiger partial charge in [0.15, 0.2) is 11.3 Å². The Morgan fingerprint density at radius 1 is 1.38 bits per heavy atom. The summed E-state index contributed by atoms with van der Waals surface area (Å²) in [5.74, 6) is -1.81. The van der Waals surface area contributed by atoms with Crippen molar-refractivity contribution in [3.8, 4) is 17.1 Å². The third-order valence-electron chi connectivity index (χ3n) is 3.01. The van der Waals surface area contributed by atoms with E-state index in [1.807, 2.05) is 0 Å². The van der Waals surface area contributed by atoms with Gasteiger partial charge < -0.3 is 19.4 Å². The first-order valence-corrected chi connectivity index (χ1v) is 6.44. The van der Waals surface area contributed by atoms with Gasteiger partial charge >= 0.3 is 11.8 Å². The second kappa shape index (κ2) is 5.83. The van der Waals surface area contributed by atoms with Crippen molar-refractivity contribution in [2.75, 3.05) is 7.11 Å². The molecule has 0 radical (unpaired) electrons. The molecule has 0 N–H and O–H groups in total. The molecule has 0 aliphatic rings. The predicted octanol–water partition coefficient (Wildman–Crippen LogP) is 0.716. The maximum absolute atomic E-state index is 11.5. The number of methoxy groups -OCH3 is 1. The molecule has 0 aliphatic heterocycles. The lowest BCUT2D eigenvalue weighted by Crippen LogP contribution is -2.04. The van der Waals surface area contributed by atoms with Crippen molar-refractivity contribution < 1.29 is 19.0 Å². The maximum atomic E-state index is 11.5. The molecular weight excluding hydrogens is 322 g/mol. The molecular formula is C12H9N7O5. The van der Waals surface area contributed by atoms with Gasteiger partial charge in [-0.15, -0.1) is 0 Å². The highest BCUT2D eigenvalue weighted by atomic mass is 16.6. The number of aromatic nitrogens is 6. The summed E-state index contributed by atoms with van der Waals surface area (Å²) < 4.78 is 10.5. The van der Waals surface area contributed by atoms with Gasteiger partial charge in [-0.1, -0.05) is 9.78 Å². The molecule has 0 amide bonds. The van der Waals surface area contributed by atoms with Crippen LogP contribution in [0, 0.1) is 17.0 Å². The predicted molar refractivity (Wildman–Crippen MR) is 75.2 cm³/mol. The first-order chi connectivity index (χ1) is 11.5. The van der Waals surface area contributed by atoms with Crippen molar-refractivity contribution in [3.63, 3.8) is 0 Å². The number of nitrogens with zero attached hydrogens (tertiary/aromatic N) is 7. The van der Waals surface area contributed by atoms with Gasteiger partial charge in [0.2, 0.25) is 0 Å². The van der Waals surface area contributed by atoms with Gasteiger partial charge in [0, 0.05) is 0 Å². The summed E-state index contributed by atoms with van der Waals surface area (Å²) in [6.07, 6.45) is 4.01. The highest BCUT2D eigenvalue weighted by molar-refractivity contribution is 5.85. The smallest absolute Gasteiger partial charge is 0.379 e. The van der Waals surface area contributed by atoms with Crippen molar-refractivity contribution in [1.82, 2.24) is 29.9 Å². The van der Waals surface area contributed by atoms with E-state index in [9.17, 15) is 14.9 Å². The lowest BCUT2D eigenvalue weighted by Gasteiger charge is -1.98. The Hall–Kier alpha value is -3.70. The molecule has 0 aliphatic carbocycles. The molecule has 0 saturated heterocycles. The zero-order valence-electron chi connectivity index (χ0n) is 12.4. The van der Waals surface area contributed by atoms with E-state index in [1.165, 1.54) is 25.6 Å². The highest BCUT2D eigenvalue weighted by Gasteiger charge is 2.32. The van der Waals surface area contributed by atoms with Gasteiger partial charge in [0.1, 0.15) is 12.0 Å². The van der Waals surface area contributed by atoms with Gasteiger partial charge in [-0.25, -0.2) is 14.8 Å². The van der Waals surface area contributed by atoms with Gasteiger partial charge in [0.05, 0.1) is 19.5 Å².